The molecule has 0 aliphatic rings. The van der Waals surface area contributed by atoms with Crippen molar-refractivity contribution >= 4 is 22.5 Å². The molecular weight excluding hydrogens is 300 g/mol. The van der Waals surface area contributed by atoms with E-state index in [0.717, 1.165) is 34.8 Å². The molecule has 0 atom stereocenters. The average molecular weight is 316 g/mol. The first kappa shape index (κ1) is 14.3. The van der Waals surface area contributed by atoms with E-state index in [9.17, 15) is 0 Å². The number of aryl methyl sites for hydroxylation is 1. The van der Waals surface area contributed by atoms with Gasteiger partial charge < -0.3 is 5.32 Å². The van der Waals surface area contributed by atoms with Crippen molar-refractivity contribution in [3.63, 3.8) is 0 Å². The molecule has 1 N–H and O–H groups in total. The van der Waals surface area contributed by atoms with Gasteiger partial charge in [-0.25, -0.2) is 15.0 Å². The summed E-state index contributed by atoms with van der Waals surface area (Å²) in [7, 11) is 0. The van der Waals surface area contributed by atoms with Gasteiger partial charge in [0.15, 0.2) is 11.5 Å². The Morgan fingerprint density at radius 1 is 1.00 bits per heavy atom. The zero-order valence-electron chi connectivity index (χ0n) is 13.2. The smallest absolute Gasteiger partial charge is 0.170 e. The molecule has 1 aromatic carbocycles. The van der Waals surface area contributed by atoms with Crippen LogP contribution < -0.4 is 5.32 Å². The summed E-state index contributed by atoms with van der Waals surface area (Å²) in [6.45, 7) is 2.14. The molecule has 0 saturated heterocycles. The van der Waals surface area contributed by atoms with Crippen molar-refractivity contribution < 1.29 is 0 Å². The number of hydrogen-bond donors (Lipinski definition) is 1. The highest BCUT2D eigenvalue weighted by Crippen LogP contribution is 2.24. The number of nitrogens with zero attached hydrogens (tertiary/aromatic N) is 5. The van der Waals surface area contributed by atoms with Gasteiger partial charge in [0.25, 0.3) is 0 Å². The third-order valence-corrected chi connectivity index (χ3v) is 3.86. The van der Waals surface area contributed by atoms with Crippen LogP contribution in [0.1, 0.15) is 12.5 Å². The molecule has 4 aromatic rings. The van der Waals surface area contributed by atoms with Gasteiger partial charge in [-0.05, 0) is 36.2 Å². The molecule has 24 heavy (non-hydrogen) atoms. The van der Waals surface area contributed by atoms with Crippen LogP contribution >= 0.6 is 0 Å². The average Bonchev–Trinajstić information content (AvgIpc) is 3.08. The van der Waals surface area contributed by atoms with E-state index < -0.39 is 0 Å². The Bertz CT molecular complexity index is 960. The van der Waals surface area contributed by atoms with E-state index in [2.05, 4.69) is 56.6 Å². The molecule has 0 amide bonds. The molecule has 0 aliphatic heterocycles. The quantitative estimate of drug-likeness (QED) is 0.624. The first-order chi connectivity index (χ1) is 11.8. The number of nitrogens with one attached hydrogen (secondary N) is 1. The van der Waals surface area contributed by atoms with Crippen LogP contribution in [-0.2, 0) is 6.42 Å². The summed E-state index contributed by atoms with van der Waals surface area (Å²) >= 11 is 0. The molecular formula is C18H16N6. The number of benzene rings is 1. The number of hydrogen-bond acceptors (Lipinski definition) is 5. The van der Waals surface area contributed by atoms with Gasteiger partial charge in [0.1, 0.15) is 12.1 Å². The zero-order valence-corrected chi connectivity index (χ0v) is 13.2. The topological polar surface area (TPSA) is 68.5 Å². The second-order valence-electron chi connectivity index (χ2n) is 5.38. The number of fused-ring (bicyclic) bond motifs is 1. The minimum atomic E-state index is 0.719. The Labute approximate surface area is 139 Å². The second kappa shape index (κ2) is 6.08. The van der Waals surface area contributed by atoms with Crippen LogP contribution in [0.3, 0.4) is 0 Å². The Kier molecular flexibility index (Phi) is 3.63. The maximum absolute atomic E-state index is 4.41. The van der Waals surface area contributed by atoms with E-state index in [1.165, 1.54) is 11.9 Å². The molecule has 0 radical (unpaired) electrons. The van der Waals surface area contributed by atoms with Crippen molar-refractivity contribution in [2.45, 2.75) is 13.3 Å². The molecule has 0 unspecified atom stereocenters. The van der Waals surface area contributed by atoms with E-state index in [4.69, 9.17) is 0 Å². The molecule has 0 bridgehead atoms. The van der Waals surface area contributed by atoms with Crippen molar-refractivity contribution in [1.29, 1.82) is 0 Å². The highest BCUT2D eigenvalue weighted by molar-refractivity contribution is 5.88. The lowest BCUT2D eigenvalue weighted by Crippen LogP contribution is -2.01. The normalized spacial score (nSPS) is 10.9. The van der Waals surface area contributed by atoms with E-state index in [1.807, 2.05) is 18.2 Å². The van der Waals surface area contributed by atoms with Crippen LogP contribution in [0.2, 0.25) is 0 Å². The minimum absolute atomic E-state index is 0.719. The molecule has 3 aromatic heterocycles. The van der Waals surface area contributed by atoms with Gasteiger partial charge >= 0.3 is 0 Å². The second-order valence-corrected chi connectivity index (χ2v) is 5.38. The Hall–Kier alpha value is -3.28. The summed E-state index contributed by atoms with van der Waals surface area (Å²) in [5.74, 6) is 1.45. The molecule has 3 heterocycles. The van der Waals surface area contributed by atoms with Crippen LogP contribution in [0.25, 0.3) is 16.9 Å². The predicted molar refractivity (Wildman–Crippen MR) is 93.6 cm³/mol. The van der Waals surface area contributed by atoms with Crippen LogP contribution in [-0.4, -0.2) is 24.7 Å². The summed E-state index contributed by atoms with van der Waals surface area (Å²) in [4.78, 5) is 13.0. The van der Waals surface area contributed by atoms with Gasteiger partial charge in [0, 0.05) is 11.9 Å². The van der Waals surface area contributed by atoms with E-state index in [1.54, 1.807) is 17.1 Å². The van der Waals surface area contributed by atoms with E-state index in [-0.39, 0.29) is 0 Å². The number of anilines is 2. The van der Waals surface area contributed by atoms with Gasteiger partial charge in [-0.3, -0.25) is 0 Å². The van der Waals surface area contributed by atoms with Gasteiger partial charge in [-0.15, -0.1) is 0 Å². The van der Waals surface area contributed by atoms with Crippen molar-refractivity contribution in [2.24, 2.45) is 0 Å². The van der Waals surface area contributed by atoms with Crippen LogP contribution in [0.5, 0.6) is 0 Å². The van der Waals surface area contributed by atoms with Crippen molar-refractivity contribution in [1.82, 2.24) is 24.7 Å². The van der Waals surface area contributed by atoms with Crippen molar-refractivity contribution in [3.8, 4) is 5.82 Å². The predicted octanol–water partition coefficient (Wildman–Crippen LogP) is 3.52. The molecule has 0 fully saturated rings. The maximum atomic E-state index is 4.41. The number of aromatic nitrogens is 5. The first-order valence-corrected chi connectivity index (χ1v) is 7.81. The van der Waals surface area contributed by atoms with Gasteiger partial charge in [-0.1, -0.05) is 25.1 Å². The molecule has 118 valence electrons. The number of rotatable bonds is 4. The summed E-state index contributed by atoms with van der Waals surface area (Å²) in [6, 6.07) is 14.0. The lowest BCUT2D eigenvalue weighted by atomic mass is 10.1. The lowest BCUT2D eigenvalue weighted by molar-refractivity contribution is 0.861. The summed E-state index contributed by atoms with van der Waals surface area (Å²) < 4.78 is 1.71. The zero-order chi connectivity index (χ0) is 16.4. The molecule has 6 nitrogen and oxygen atoms in total. The van der Waals surface area contributed by atoms with Crippen LogP contribution in [0.15, 0.2) is 61.2 Å². The fourth-order valence-corrected chi connectivity index (χ4v) is 2.55. The Balaban J connectivity index is 1.73. The largest absolute Gasteiger partial charge is 0.340 e. The Morgan fingerprint density at radius 3 is 2.62 bits per heavy atom. The molecule has 4 rings (SSSR count). The maximum Gasteiger partial charge on any atom is 0.170 e. The SMILES string of the molecule is CCc1ccc(Nc2ncnc3c2cnn3-c2ccccn2)cc1. The van der Waals surface area contributed by atoms with Gasteiger partial charge in [0.2, 0.25) is 0 Å². The monoisotopic (exact) mass is 316 g/mol. The van der Waals surface area contributed by atoms with Crippen molar-refractivity contribution in [2.75, 3.05) is 5.32 Å². The fourth-order valence-electron chi connectivity index (χ4n) is 2.55. The third kappa shape index (κ3) is 2.58. The summed E-state index contributed by atoms with van der Waals surface area (Å²) in [6.07, 6.45) is 6.05. The van der Waals surface area contributed by atoms with Gasteiger partial charge in [0.05, 0.1) is 11.6 Å². The fraction of sp³-hybridized carbons (Fsp3) is 0.111. The lowest BCUT2D eigenvalue weighted by Gasteiger charge is -2.07. The molecule has 0 aliphatic carbocycles. The minimum Gasteiger partial charge on any atom is -0.340 e. The highest BCUT2D eigenvalue weighted by atomic mass is 15.3. The first-order valence-electron chi connectivity index (χ1n) is 7.81. The number of pyridine rings is 1. The van der Waals surface area contributed by atoms with E-state index in [0.29, 0.717) is 0 Å². The van der Waals surface area contributed by atoms with E-state index >= 15 is 0 Å². The summed E-state index contributed by atoms with van der Waals surface area (Å²) in [5, 5.41) is 8.59. The standard InChI is InChI=1S/C18H16N6/c1-2-13-6-8-14(9-7-13)23-17-15-11-22-24(18(15)21-12-20-17)16-5-3-4-10-19-16/h3-12H,2H2,1H3,(H,20,21,23). The van der Waals surface area contributed by atoms with Crippen molar-refractivity contribution in [3.05, 3.63) is 66.7 Å². The highest BCUT2D eigenvalue weighted by Gasteiger charge is 2.11. The third-order valence-electron chi connectivity index (χ3n) is 3.86. The van der Waals surface area contributed by atoms with Crippen LogP contribution in [0, 0.1) is 0 Å². The summed E-state index contributed by atoms with van der Waals surface area (Å²) in [5.41, 5.74) is 3.01. The van der Waals surface area contributed by atoms with Gasteiger partial charge in [-0.2, -0.15) is 9.78 Å². The molecule has 6 heteroatoms. The molecule has 0 saturated carbocycles. The Morgan fingerprint density at radius 2 is 1.88 bits per heavy atom. The molecule has 0 spiro atoms. The van der Waals surface area contributed by atoms with Crippen LogP contribution in [0.4, 0.5) is 11.5 Å².